The van der Waals surface area contributed by atoms with Crippen LogP contribution in [0.1, 0.15) is 16.7 Å². The number of pyridine rings is 1. The highest BCUT2D eigenvalue weighted by atomic mass is 16.3. The van der Waals surface area contributed by atoms with Gasteiger partial charge in [-0.1, -0.05) is 23.8 Å². The predicted octanol–water partition coefficient (Wildman–Crippen LogP) is 1.99. The maximum Gasteiger partial charge on any atom is 0.258 e. The van der Waals surface area contributed by atoms with Crippen LogP contribution in [0.3, 0.4) is 0 Å². The number of nitrogens with zero attached hydrogens (tertiary/aromatic N) is 1. The van der Waals surface area contributed by atoms with Gasteiger partial charge in [-0.15, -0.1) is 0 Å². The summed E-state index contributed by atoms with van der Waals surface area (Å²) < 4.78 is 1.64. The zero-order chi connectivity index (χ0) is 13.1. The monoisotopic (exact) mass is 243 g/mol. The van der Waals surface area contributed by atoms with Gasteiger partial charge in [0.1, 0.15) is 0 Å². The normalized spacial score (nSPS) is 10.6. The molecule has 0 fully saturated rings. The molecule has 0 atom stereocenters. The molecule has 0 spiro atoms. The first-order valence-electron chi connectivity index (χ1n) is 6.02. The second-order valence-electron chi connectivity index (χ2n) is 4.47. The average molecular weight is 243 g/mol. The van der Waals surface area contributed by atoms with Crippen molar-refractivity contribution in [3.63, 3.8) is 0 Å². The summed E-state index contributed by atoms with van der Waals surface area (Å²) in [6.45, 7) is 4.02. The summed E-state index contributed by atoms with van der Waals surface area (Å²) in [5.74, 6) is 0. The fourth-order valence-corrected chi connectivity index (χ4v) is 2.12. The topological polar surface area (TPSA) is 42.2 Å². The molecule has 0 radical (unpaired) electrons. The number of aryl methyl sites for hydroxylation is 2. The van der Waals surface area contributed by atoms with Crippen molar-refractivity contribution in [2.24, 2.45) is 0 Å². The molecule has 0 bridgehead atoms. The van der Waals surface area contributed by atoms with Crippen LogP contribution in [0.15, 0.2) is 41.3 Å². The highest BCUT2D eigenvalue weighted by Gasteiger charge is 2.06. The van der Waals surface area contributed by atoms with E-state index in [1.54, 1.807) is 16.8 Å². The molecule has 3 heteroatoms. The van der Waals surface area contributed by atoms with E-state index in [2.05, 4.69) is 6.07 Å². The van der Waals surface area contributed by atoms with Gasteiger partial charge >= 0.3 is 0 Å². The Hall–Kier alpha value is -1.87. The van der Waals surface area contributed by atoms with Gasteiger partial charge in [-0.3, -0.25) is 9.36 Å². The Bertz CT molecular complexity index is 614. The largest absolute Gasteiger partial charge is 0.396 e. The zero-order valence-corrected chi connectivity index (χ0v) is 10.7. The van der Waals surface area contributed by atoms with Crippen molar-refractivity contribution in [3.8, 4) is 5.69 Å². The number of hydrogen-bond acceptors (Lipinski definition) is 2. The first-order chi connectivity index (χ1) is 8.63. The fraction of sp³-hybridized carbons (Fsp3) is 0.267. The van der Waals surface area contributed by atoms with Crippen LogP contribution < -0.4 is 5.56 Å². The van der Waals surface area contributed by atoms with E-state index >= 15 is 0 Å². The Morgan fingerprint density at radius 3 is 2.67 bits per heavy atom. The van der Waals surface area contributed by atoms with E-state index in [0.29, 0.717) is 12.0 Å². The molecule has 0 unspecified atom stereocenters. The average Bonchev–Trinajstić information content (AvgIpc) is 2.33. The van der Waals surface area contributed by atoms with Crippen molar-refractivity contribution in [2.45, 2.75) is 20.3 Å². The first-order valence-corrected chi connectivity index (χ1v) is 6.02. The van der Waals surface area contributed by atoms with Crippen LogP contribution in [-0.2, 0) is 6.42 Å². The number of benzene rings is 1. The van der Waals surface area contributed by atoms with E-state index in [-0.39, 0.29) is 12.2 Å². The molecule has 2 aromatic rings. The van der Waals surface area contributed by atoms with Gasteiger partial charge in [0, 0.05) is 24.8 Å². The van der Waals surface area contributed by atoms with Crippen molar-refractivity contribution in [2.75, 3.05) is 6.61 Å². The summed E-state index contributed by atoms with van der Waals surface area (Å²) in [4.78, 5) is 12.2. The molecule has 0 aliphatic heterocycles. The van der Waals surface area contributed by atoms with Crippen molar-refractivity contribution in [3.05, 3.63) is 63.6 Å². The van der Waals surface area contributed by atoms with Crippen molar-refractivity contribution in [1.29, 1.82) is 0 Å². The lowest BCUT2D eigenvalue weighted by molar-refractivity contribution is 0.299. The summed E-state index contributed by atoms with van der Waals surface area (Å²) in [7, 11) is 0. The maximum absolute atomic E-state index is 12.2. The molecule has 1 N–H and O–H groups in total. The molecule has 0 saturated carbocycles. The van der Waals surface area contributed by atoms with Crippen molar-refractivity contribution in [1.82, 2.24) is 4.57 Å². The molecule has 0 aliphatic carbocycles. The Morgan fingerprint density at radius 2 is 2.00 bits per heavy atom. The van der Waals surface area contributed by atoms with Crippen LogP contribution >= 0.6 is 0 Å². The Kier molecular flexibility index (Phi) is 3.63. The zero-order valence-electron chi connectivity index (χ0n) is 10.7. The van der Waals surface area contributed by atoms with Gasteiger partial charge in [-0.25, -0.2) is 0 Å². The van der Waals surface area contributed by atoms with Gasteiger partial charge in [0.2, 0.25) is 0 Å². The van der Waals surface area contributed by atoms with Crippen molar-refractivity contribution < 1.29 is 5.11 Å². The van der Waals surface area contributed by atoms with Crippen LogP contribution in [0.2, 0.25) is 0 Å². The second-order valence-corrected chi connectivity index (χ2v) is 4.47. The molecule has 1 aromatic carbocycles. The number of aliphatic hydroxyl groups excluding tert-OH is 1. The van der Waals surface area contributed by atoms with Crippen LogP contribution in [0, 0.1) is 13.8 Å². The quantitative estimate of drug-likeness (QED) is 0.895. The Balaban J connectivity index is 2.57. The highest BCUT2D eigenvalue weighted by Crippen LogP contribution is 2.14. The lowest BCUT2D eigenvalue weighted by atomic mass is 10.1. The summed E-state index contributed by atoms with van der Waals surface area (Å²) in [6.07, 6.45) is 2.16. The molecule has 0 saturated heterocycles. The molecular formula is C15H17NO2. The van der Waals surface area contributed by atoms with Gasteiger partial charge in [0.25, 0.3) is 5.56 Å². The summed E-state index contributed by atoms with van der Waals surface area (Å²) >= 11 is 0. The summed E-state index contributed by atoms with van der Waals surface area (Å²) in [5, 5.41) is 8.95. The third-order valence-corrected chi connectivity index (χ3v) is 3.02. The fourth-order valence-electron chi connectivity index (χ4n) is 2.12. The van der Waals surface area contributed by atoms with E-state index in [0.717, 1.165) is 11.3 Å². The van der Waals surface area contributed by atoms with Gasteiger partial charge in [-0.2, -0.15) is 0 Å². The Morgan fingerprint density at radius 1 is 1.22 bits per heavy atom. The summed E-state index contributed by atoms with van der Waals surface area (Å²) in [6, 6.07) is 9.60. The third kappa shape index (κ3) is 2.36. The molecule has 0 amide bonds. The molecule has 0 aliphatic rings. The van der Waals surface area contributed by atoms with E-state index in [9.17, 15) is 4.79 Å². The van der Waals surface area contributed by atoms with Gasteiger partial charge in [-0.05, 0) is 31.5 Å². The minimum Gasteiger partial charge on any atom is -0.396 e. The first kappa shape index (κ1) is 12.6. The molecule has 3 nitrogen and oxygen atoms in total. The minimum absolute atomic E-state index is 0.00780. The lowest BCUT2D eigenvalue weighted by Gasteiger charge is -2.11. The van der Waals surface area contributed by atoms with Gasteiger partial charge in [0.15, 0.2) is 0 Å². The number of hydrogen-bond donors (Lipinski definition) is 1. The number of aliphatic hydroxyl groups is 1. The van der Waals surface area contributed by atoms with Crippen LogP contribution in [0.5, 0.6) is 0 Å². The van der Waals surface area contributed by atoms with E-state index < -0.39 is 0 Å². The highest BCUT2D eigenvalue weighted by molar-refractivity contribution is 5.43. The van der Waals surface area contributed by atoms with E-state index in [4.69, 9.17) is 5.11 Å². The molecule has 1 aromatic heterocycles. The molecular weight excluding hydrogens is 226 g/mol. The lowest BCUT2D eigenvalue weighted by Crippen LogP contribution is -2.22. The second kappa shape index (κ2) is 5.19. The van der Waals surface area contributed by atoms with Crippen LogP contribution in [-0.4, -0.2) is 16.3 Å². The Labute approximate surface area is 106 Å². The van der Waals surface area contributed by atoms with Gasteiger partial charge in [0.05, 0.1) is 5.69 Å². The SMILES string of the molecule is Cc1ccc(-n2cccc(CCO)c2=O)c(C)c1. The number of rotatable bonds is 3. The van der Waals surface area contributed by atoms with Gasteiger partial charge < -0.3 is 5.11 Å². The molecule has 1 heterocycles. The van der Waals surface area contributed by atoms with E-state index in [1.807, 2.05) is 32.0 Å². The molecule has 2 rings (SSSR count). The van der Waals surface area contributed by atoms with E-state index in [1.165, 1.54) is 5.56 Å². The van der Waals surface area contributed by atoms with Crippen LogP contribution in [0.4, 0.5) is 0 Å². The maximum atomic E-state index is 12.2. The molecule has 94 valence electrons. The van der Waals surface area contributed by atoms with Crippen molar-refractivity contribution >= 4 is 0 Å². The predicted molar refractivity (Wildman–Crippen MR) is 72.3 cm³/mol. The minimum atomic E-state index is -0.0569. The standard InChI is InChI=1S/C15H17NO2/c1-11-5-6-14(12(2)10-11)16-8-3-4-13(7-9-17)15(16)18/h3-6,8,10,17H,7,9H2,1-2H3. The summed E-state index contributed by atoms with van der Waals surface area (Å²) in [5.41, 5.74) is 3.72. The molecule has 18 heavy (non-hydrogen) atoms. The number of aromatic nitrogens is 1. The smallest absolute Gasteiger partial charge is 0.258 e. The third-order valence-electron chi connectivity index (χ3n) is 3.02. The van der Waals surface area contributed by atoms with Crippen LogP contribution in [0.25, 0.3) is 5.69 Å².